The number of sulfonamides is 1. The lowest BCUT2D eigenvalue weighted by molar-refractivity contribution is -0.139. The summed E-state index contributed by atoms with van der Waals surface area (Å²) in [7, 11) is -3.73. The third-order valence-electron chi connectivity index (χ3n) is 6.18. The van der Waals surface area contributed by atoms with E-state index < -0.39 is 22.0 Å². The summed E-state index contributed by atoms with van der Waals surface area (Å²) in [6, 6.07) is 16.1. The highest BCUT2D eigenvalue weighted by Gasteiger charge is 2.30. The fraction of sp³-hybridized carbons (Fsp3) is 0.481. The van der Waals surface area contributed by atoms with Crippen LogP contribution in [0.1, 0.15) is 58.1 Å². The van der Waals surface area contributed by atoms with Crippen LogP contribution in [0.15, 0.2) is 54.6 Å². The molecule has 2 unspecified atom stereocenters. The van der Waals surface area contributed by atoms with E-state index in [0.717, 1.165) is 28.1 Å². The second-order valence-electron chi connectivity index (χ2n) is 9.33. The number of benzene rings is 2. The summed E-state index contributed by atoms with van der Waals surface area (Å²) in [5.41, 5.74) is 2.53. The van der Waals surface area contributed by atoms with Crippen LogP contribution in [0.25, 0.3) is 0 Å². The Bertz CT molecular complexity index is 1070. The van der Waals surface area contributed by atoms with E-state index in [2.05, 4.69) is 19.2 Å². The van der Waals surface area contributed by atoms with Crippen molar-refractivity contribution in [3.8, 4) is 0 Å². The molecule has 0 aliphatic heterocycles. The molecule has 2 aromatic carbocycles. The lowest BCUT2D eigenvalue weighted by atomic mass is 10.0. The molecule has 35 heavy (non-hydrogen) atoms. The van der Waals surface area contributed by atoms with Gasteiger partial charge in [0.1, 0.15) is 12.6 Å². The first-order valence-electron chi connectivity index (χ1n) is 12.2. The van der Waals surface area contributed by atoms with Gasteiger partial charge in [-0.15, -0.1) is 0 Å². The zero-order chi connectivity index (χ0) is 26.2. The SMILES string of the molecule is CCC(C)NC(=O)C(C)N(CCc1ccccc1)C(=O)CN(c1ccc(C(C)C)cc1)S(C)(=O)=O. The molecular formula is C27H39N3O4S. The largest absolute Gasteiger partial charge is 0.352 e. The minimum atomic E-state index is -3.73. The van der Waals surface area contributed by atoms with Crippen molar-refractivity contribution in [2.45, 2.75) is 65.5 Å². The first kappa shape index (κ1) is 28.4. The van der Waals surface area contributed by atoms with Gasteiger partial charge in [-0.05, 0) is 55.9 Å². The van der Waals surface area contributed by atoms with Crippen LogP contribution in [-0.4, -0.2) is 56.6 Å². The number of carbonyl (C=O) groups excluding carboxylic acids is 2. The second-order valence-corrected chi connectivity index (χ2v) is 11.2. The predicted octanol–water partition coefficient (Wildman–Crippen LogP) is 3.95. The van der Waals surface area contributed by atoms with Crippen molar-refractivity contribution in [1.82, 2.24) is 10.2 Å². The summed E-state index contributed by atoms with van der Waals surface area (Å²) in [6.07, 6.45) is 2.41. The summed E-state index contributed by atoms with van der Waals surface area (Å²) in [5.74, 6) is -0.380. The molecule has 2 amide bonds. The molecule has 0 spiro atoms. The maximum atomic E-state index is 13.5. The molecule has 0 aromatic heterocycles. The molecule has 192 valence electrons. The molecule has 2 aromatic rings. The Morgan fingerprint density at radius 3 is 2.06 bits per heavy atom. The van der Waals surface area contributed by atoms with Gasteiger partial charge in [0, 0.05) is 12.6 Å². The highest BCUT2D eigenvalue weighted by Crippen LogP contribution is 2.22. The van der Waals surface area contributed by atoms with Crippen LogP contribution in [0.4, 0.5) is 5.69 Å². The van der Waals surface area contributed by atoms with Crippen molar-refractivity contribution < 1.29 is 18.0 Å². The molecule has 0 aliphatic carbocycles. The maximum Gasteiger partial charge on any atom is 0.244 e. The lowest BCUT2D eigenvalue weighted by Gasteiger charge is -2.32. The zero-order valence-corrected chi connectivity index (χ0v) is 22.5. The average molecular weight is 502 g/mol. The van der Waals surface area contributed by atoms with E-state index in [-0.39, 0.29) is 18.5 Å². The Labute approximate surface area is 210 Å². The number of nitrogens with zero attached hydrogens (tertiary/aromatic N) is 2. The molecule has 2 atom stereocenters. The molecule has 2 rings (SSSR count). The van der Waals surface area contributed by atoms with Crippen LogP contribution in [0.3, 0.4) is 0 Å². The molecule has 7 nitrogen and oxygen atoms in total. The van der Waals surface area contributed by atoms with E-state index in [1.54, 1.807) is 19.1 Å². The molecule has 0 bridgehead atoms. The molecule has 0 heterocycles. The molecule has 0 saturated heterocycles. The predicted molar refractivity (Wildman–Crippen MR) is 142 cm³/mol. The van der Waals surface area contributed by atoms with Gasteiger partial charge >= 0.3 is 0 Å². The second kappa shape index (κ2) is 12.7. The lowest BCUT2D eigenvalue weighted by Crippen LogP contribution is -2.53. The number of rotatable bonds is 12. The molecule has 8 heteroatoms. The van der Waals surface area contributed by atoms with Gasteiger partial charge in [0.2, 0.25) is 21.8 Å². The number of carbonyl (C=O) groups is 2. The number of anilines is 1. The first-order valence-corrected chi connectivity index (χ1v) is 14.0. The van der Waals surface area contributed by atoms with Gasteiger partial charge in [0.25, 0.3) is 0 Å². The first-order chi connectivity index (χ1) is 16.4. The molecule has 0 fully saturated rings. The third-order valence-corrected chi connectivity index (χ3v) is 7.32. The topological polar surface area (TPSA) is 86.8 Å². The van der Waals surface area contributed by atoms with Crippen molar-refractivity contribution in [2.24, 2.45) is 0 Å². The van der Waals surface area contributed by atoms with E-state index in [1.165, 1.54) is 4.90 Å². The van der Waals surface area contributed by atoms with Gasteiger partial charge in [0.15, 0.2) is 0 Å². The zero-order valence-electron chi connectivity index (χ0n) is 21.7. The number of amides is 2. The van der Waals surface area contributed by atoms with Gasteiger partial charge in [-0.1, -0.05) is 63.2 Å². The van der Waals surface area contributed by atoms with Gasteiger partial charge in [-0.3, -0.25) is 13.9 Å². The Hall–Kier alpha value is -2.87. The van der Waals surface area contributed by atoms with Crippen molar-refractivity contribution in [3.63, 3.8) is 0 Å². The van der Waals surface area contributed by atoms with Crippen molar-refractivity contribution in [1.29, 1.82) is 0 Å². The Kier molecular flexibility index (Phi) is 10.3. The Morgan fingerprint density at radius 2 is 1.54 bits per heavy atom. The summed E-state index contributed by atoms with van der Waals surface area (Å²) in [4.78, 5) is 27.9. The van der Waals surface area contributed by atoms with E-state index in [9.17, 15) is 18.0 Å². The quantitative estimate of drug-likeness (QED) is 0.477. The molecule has 0 saturated carbocycles. The van der Waals surface area contributed by atoms with Crippen LogP contribution in [0.2, 0.25) is 0 Å². The minimum absolute atomic E-state index is 0.0250. The molecule has 0 aliphatic rings. The van der Waals surface area contributed by atoms with Gasteiger partial charge < -0.3 is 10.2 Å². The normalized spacial score (nSPS) is 13.2. The molecular weight excluding hydrogens is 462 g/mol. The third kappa shape index (κ3) is 8.38. The van der Waals surface area contributed by atoms with Crippen LogP contribution < -0.4 is 9.62 Å². The van der Waals surface area contributed by atoms with E-state index >= 15 is 0 Å². The van der Waals surface area contributed by atoms with E-state index in [1.807, 2.05) is 56.3 Å². The maximum absolute atomic E-state index is 13.5. The van der Waals surface area contributed by atoms with Gasteiger partial charge in [-0.25, -0.2) is 8.42 Å². The number of hydrogen-bond donors (Lipinski definition) is 1. The summed E-state index contributed by atoms with van der Waals surface area (Å²) >= 11 is 0. The van der Waals surface area contributed by atoms with E-state index in [4.69, 9.17) is 0 Å². The smallest absolute Gasteiger partial charge is 0.244 e. The van der Waals surface area contributed by atoms with Crippen LogP contribution in [0.5, 0.6) is 0 Å². The minimum Gasteiger partial charge on any atom is -0.352 e. The van der Waals surface area contributed by atoms with Gasteiger partial charge in [-0.2, -0.15) is 0 Å². The van der Waals surface area contributed by atoms with E-state index in [0.29, 0.717) is 24.6 Å². The Morgan fingerprint density at radius 1 is 0.943 bits per heavy atom. The summed E-state index contributed by atoms with van der Waals surface area (Å²) in [5, 5.41) is 2.93. The standard InChI is InChI=1S/C27H39N3O4S/c1-7-21(4)28-27(32)22(5)29(18-17-23-11-9-8-10-12-23)26(31)19-30(35(6,33)34)25-15-13-24(14-16-25)20(2)3/h8-16,20-22H,7,17-19H2,1-6H3,(H,28,32). The summed E-state index contributed by atoms with van der Waals surface area (Å²) < 4.78 is 26.4. The van der Waals surface area contributed by atoms with Crippen molar-refractivity contribution >= 4 is 27.5 Å². The molecule has 0 radical (unpaired) electrons. The summed E-state index contributed by atoms with van der Waals surface area (Å²) in [6.45, 7) is 9.60. The highest BCUT2D eigenvalue weighted by molar-refractivity contribution is 7.92. The molecule has 1 N–H and O–H groups in total. The van der Waals surface area contributed by atoms with Crippen LogP contribution in [0, 0.1) is 0 Å². The average Bonchev–Trinajstić information content (AvgIpc) is 2.82. The number of hydrogen-bond acceptors (Lipinski definition) is 4. The van der Waals surface area contributed by atoms with Gasteiger partial charge in [0.05, 0.1) is 11.9 Å². The fourth-order valence-corrected chi connectivity index (χ4v) is 4.52. The number of nitrogens with one attached hydrogen (secondary N) is 1. The highest BCUT2D eigenvalue weighted by atomic mass is 32.2. The Balaban J connectivity index is 2.31. The van der Waals surface area contributed by atoms with Crippen molar-refractivity contribution in [2.75, 3.05) is 23.7 Å². The monoisotopic (exact) mass is 501 g/mol. The fourth-order valence-electron chi connectivity index (χ4n) is 3.67. The van der Waals surface area contributed by atoms with Crippen LogP contribution >= 0.6 is 0 Å². The van der Waals surface area contributed by atoms with Crippen molar-refractivity contribution in [3.05, 3.63) is 65.7 Å². The van der Waals surface area contributed by atoms with Crippen LogP contribution in [-0.2, 0) is 26.0 Å².